The fourth-order valence-corrected chi connectivity index (χ4v) is 3.96. The van der Waals surface area contributed by atoms with Crippen molar-refractivity contribution in [3.8, 4) is 0 Å². The molecule has 0 spiro atoms. The summed E-state index contributed by atoms with van der Waals surface area (Å²) in [6.07, 6.45) is 2.81. The minimum Gasteiger partial charge on any atom is -0.346 e. The van der Waals surface area contributed by atoms with Crippen LogP contribution in [0.15, 0.2) is 0 Å². The number of carbonyl (C=O) groups excluding carboxylic acids is 2. The van der Waals surface area contributed by atoms with Crippen LogP contribution < -0.4 is 5.32 Å². The molecule has 0 radical (unpaired) electrons. The molecule has 1 rings (SSSR count). The van der Waals surface area contributed by atoms with E-state index in [-0.39, 0.29) is 24.0 Å². The van der Waals surface area contributed by atoms with E-state index in [1.165, 1.54) is 4.31 Å². The third kappa shape index (κ3) is 6.04. The van der Waals surface area contributed by atoms with Gasteiger partial charge in [-0.2, -0.15) is 4.31 Å². The van der Waals surface area contributed by atoms with Gasteiger partial charge >= 0.3 is 0 Å². The summed E-state index contributed by atoms with van der Waals surface area (Å²) in [5.74, 6) is 0.156. The number of nitrogens with zero attached hydrogens (tertiary/aromatic N) is 1. The van der Waals surface area contributed by atoms with E-state index in [2.05, 4.69) is 5.32 Å². The van der Waals surface area contributed by atoms with Gasteiger partial charge in [-0.1, -0.05) is 20.8 Å². The number of hydrogen-bond donors (Lipinski definition) is 1. The fraction of sp³-hybridized carbons (Fsp3) is 0.867. The summed E-state index contributed by atoms with van der Waals surface area (Å²) < 4.78 is 25.4. The largest absolute Gasteiger partial charge is 0.346 e. The molecule has 0 saturated carbocycles. The van der Waals surface area contributed by atoms with Crippen LogP contribution in [0.1, 0.15) is 52.9 Å². The summed E-state index contributed by atoms with van der Waals surface area (Å²) in [7, 11) is -3.36. The lowest BCUT2D eigenvalue weighted by molar-refractivity contribution is -0.127. The van der Waals surface area contributed by atoms with Crippen LogP contribution in [-0.2, 0) is 19.6 Å². The predicted molar refractivity (Wildman–Crippen MR) is 85.9 cm³/mol. The summed E-state index contributed by atoms with van der Waals surface area (Å²) >= 11 is 0. The Labute approximate surface area is 133 Å². The summed E-state index contributed by atoms with van der Waals surface area (Å²) in [6, 6.07) is -0.554. The standard InChI is InChI=1S/C15H28N2O4S/c1-4-10-22(20,21)17-9-5-6-13(14(18)11-17)16-15(19)8-7-12(2)3/h12-13H,4-11H2,1-3H3,(H,16,19)/t13-/m0/s1. The number of ketones is 1. The quantitative estimate of drug-likeness (QED) is 0.762. The van der Waals surface area contributed by atoms with Gasteiger partial charge in [0.25, 0.3) is 0 Å². The number of nitrogens with one attached hydrogen (secondary N) is 1. The van der Waals surface area contributed by atoms with Gasteiger partial charge in [0.2, 0.25) is 15.9 Å². The van der Waals surface area contributed by atoms with Gasteiger partial charge in [0.15, 0.2) is 5.78 Å². The van der Waals surface area contributed by atoms with E-state index in [9.17, 15) is 18.0 Å². The van der Waals surface area contributed by atoms with Crippen molar-refractivity contribution in [3.05, 3.63) is 0 Å². The molecule has 1 amide bonds. The number of sulfonamides is 1. The molecule has 1 atom stereocenters. The number of carbonyl (C=O) groups is 2. The van der Waals surface area contributed by atoms with E-state index >= 15 is 0 Å². The second-order valence-corrected chi connectivity index (χ2v) is 8.40. The van der Waals surface area contributed by atoms with Gasteiger partial charge < -0.3 is 5.32 Å². The van der Waals surface area contributed by atoms with Crippen molar-refractivity contribution < 1.29 is 18.0 Å². The minimum atomic E-state index is -3.36. The Bertz CT molecular complexity index is 488. The maximum Gasteiger partial charge on any atom is 0.220 e. The molecule has 0 aromatic carbocycles. The lowest BCUT2D eigenvalue weighted by atomic mass is 10.1. The van der Waals surface area contributed by atoms with Gasteiger partial charge in [0, 0.05) is 13.0 Å². The first-order valence-corrected chi connectivity index (χ1v) is 9.67. The Hall–Kier alpha value is -0.950. The molecule has 1 aliphatic heterocycles. The van der Waals surface area contributed by atoms with Gasteiger partial charge in [-0.25, -0.2) is 8.42 Å². The molecule has 7 heteroatoms. The SMILES string of the molecule is CCCS(=O)(=O)N1CCC[C@H](NC(=O)CCC(C)C)C(=O)C1. The molecule has 0 aliphatic carbocycles. The highest BCUT2D eigenvalue weighted by Gasteiger charge is 2.31. The normalized spacial score (nSPS) is 20.9. The van der Waals surface area contributed by atoms with Gasteiger partial charge in [0.05, 0.1) is 18.3 Å². The van der Waals surface area contributed by atoms with Gasteiger partial charge in [-0.05, 0) is 31.6 Å². The van der Waals surface area contributed by atoms with Crippen LogP contribution in [0.5, 0.6) is 0 Å². The van der Waals surface area contributed by atoms with Gasteiger partial charge in [0.1, 0.15) is 0 Å². The summed E-state index contributed by atoms with van der Waals surface area (Å²) in [5, 5.41) is 2.76. The first-order chi connectivity index (χ1) is 10.3. The zero-order chi connectivity index (χ0) is 16.8. The van der Waals surface area contributed by atoms with Crippen LogP contribution in [0.3, 0.4) is 0 Å². The van der Waals surface area contributed by atoms with E-state index in [0.29, 0.717) is 38.1 Å². The average molecular weight is 332 g/mol. The van der Waals surface area contributed by atoms with Crippen molar-refractivity contribution in [3.63, 3.8) is 0 Å². The van der Waals surface area contributed by atoms with Crippen LogP contribution >= 0.6 is 0 Å². The molecule has 22 heavy (non-hydrogen) atoms. The van der Waals surface area contributed by atoms with E-state index < -0.39 is 16.1 Å². The van der Waals surface area contributed by atoms with E-state index in [1.807, 2.05) is 13.8 Å². The van der Waals surface area contributed by atoms with Crippen molar-refractivity contribution in [1.29, 1.82) is 0 Å². The summed E-state index contributed by atoms with van der Waals surface area (Å²) in [5.41, 5.74) is 0. The van der Waals surface area contributed by atoms with Crippen LogP contribution in [-0.4, -0.2) is 49.3 Å². The Morgan fingerprint density at radius 1 is 1.41 bits per heavy atom. The summed E-state index contributed by atoms with van der Waals surface area (Å²) in [4.78, 5) is 24.1. The minimum absolute atomic E-state index is 0.0612. The first-order valence-electron chi connectivity index (χ1n) is 8.06. The molecular weight excluding hydrogens is 304 g/mol. The van der Waals surface area contributed by atoms with Crippen LogP contribution in [0.4, 0.5) is 0 Å². The van der Waals surface area contributed by atoms with Crippen molar-refractivity contribution in [2.75, 3.05) is 18.8 Å². The summed E-state index contributed by atoms with van der Waals surface area (Å²) in [6.45, 7) is 6.11. The lowest BCUT2D eigenvalue weighted by Crippen LogP contribution is -2.44. The molecule has 1 saturated heterocycles. The molecule has 0 unspecified atom stereocenters. The molecule has 1 N–H and O–H groups in total. The Kier molecular flexibility index (Phi) is 7.48. The number of rotatable bonds is 7. The van der Waals surface area contributed by atoms with Gasteiger partial charge in [-0.15, -0.1) is 0 Å². The number of amides is 1. The monoisotopic (exact) mass is 332 g/mol. The van der Waals surface area contributed by atoms with Crippen molar-refractivity contribution in [2.24, 2.45) is 5.92 Å². The topological polar surface area (TPSA) is 83.6 Å². The van der Waals surface area contributed by atoms with Crippen LogP contribution in [0, 0.1) is 5.92 Å². The Morgan fingerprint density at radius 2 is 2.09 bits per heavy atom. The molecule has 128 valence electrons. The average Bonchev–Trinajstić information content (AvgIpc) is 2.59. The predicted octanol–water partition coefficient (Wildman–Crippen LogP) is 1.31. The molecule has 6 nitrogen and oxygen atoms in total. The second-order valence-electron chi connectivity index (χ2n) is 6.31. The second kappa shape index (κ2) is 8.62. The highest BCUT2D eigenvalue weighted by Crippen LogP contribution is 2.14. The maximum atomic E-state index is 12.2. The van der Waals surface area contributed by atoms with Crippen molar-refractivity contribution in [2.45, 2.75) is 58.9 Å². The fourth-order valence-electron chi connectivity index (χ4n) is 2.46. The van der Waals surface area contributed by atoms with E-state index in [1.54, 1.807) is 6.92 Å². The third-order valence-electron chi connectivity index (χ3n) is 3.76. The molecule has 1 fully saturated rings. The van der Waals surface area contributed by atoms with E-state index in [4.69, 9.17) is 0 Å². The third-order valence-corrected chi connectivity index (χ3v) is 5.78. The molecule has 0 aromatic heterocycles. The smallest absolute Gasteiger partial charge is 0.220 e. The van der Waals surface area contributed by atoms with Crippen molar-refractivity contribution >= 4 is 21.7 Å². The molecule has 0 bridgehead atoms. The number of Topliss-reactive ketones (excluding diaryl/α,β-unsaturated/α-hetero) is 1. The first kappa shape index (κ1) is 19.1. The maximum absolute atomic E-state index is 12.2. The molecule has 1 heterocycles. The molecular formula is C15H28N2O4S. The zero-order valence-electron chi connectivity index (χ0n) is 13.8. The van der Waals surface area contributed by atoms with Crippen LogP contribution in [0.2, 0.25) is 0 Å². The Balaban J connectivity index is 2.60. The highest BCUT2D eigenvalue weighted by atomic mass is 32.2. The Morgan fingerprint density at radius 3 is 2.68 bits per heavy atom. The molecule has 1 aliphatic rings. The van der Waals surface area contributed by atoms with Gasteiger partial charge in [-0.3, -0.25) is 9.59 Å². The lowest BCUT2D eigenvalue weighted by Gasteiger charge is -2.19. The van der Waals surface area contributed by atoms with Crippen LogP contribution in [0.25, 0.3) is 0 Å². The zero-order valence-corrected chi connectivity index (χ0v) is 14.6. The van der Waals surface area contributed by atoms with E-state index in [0.717, 1.165) is 6.42 Å². The number of hydrogen-bond acceptors (Lipinski definition) is 4. The molecule has 0 aromatic rings. The van der Waals surface area contributed by atoms with Crippen molar-refractivity contribution in [1.82, 2.24) is 9.62 Å². The highest BCUT2D eigenvalue weighted by molar-refractivity contribution is 7.89.